The highest BCUT2D eigenvalue weighted by molar-refractivity contribution is 5.18. The van der Waals surface area contributed by atoms with Gasteiger partial charge in [0.1, 0.15) is 0 Å². The molecule has 0 radical (unpaired) electrons. The fourth-order valence-corrected chi connectivity index (χ4v) is 1.77. The van der Waals surface area contributed by atoms with Crippen LogP contribution >= 0.6 is 0 Å². The summed E-state index contributed by atoms with van der Waals surface area (Å²) >= 11 is 0. The van der Waals surface area contributed by atoms with Crippen LogP contribution in [0.4, 0.5) is 8.78 Å². The van der Waals surface area contributed by atoms with Crippen LogP contribution in [0.2, 0.25) is 0 Å². The summed E-state index contributed by atoms with van der Waals surface area (Å²) < 4.78 is 25.8. The Morgan fingerprint density at radius 1 is 1.12 bits per heavy atom. The van der Waals surface area contributed by atoms with Gasteiger partial charge in [-0.2, -0.15) is 0 Å². The van der Waals surface area contributed by atoms with Crippen LogP contribution in [0.1, 0.15) is 32.3 Å². The average molecular weight is 241 g/mol. The Kier molecular flexibility index (Phi) is 5.06. The molecular formula is C14H21F2N. The van der Waals surface area contributed by atoms with Crippen molar-refractivity contribution in [3.8, 4) is 0 Å². The summed E-state index contributed by atoms with van der Waals surface area (Å²) in [7, 11) is 1.94. The first-order valence-electron chi connectivity index (χ1n) is 6.03. The molecule has 0 aliphatic heterocycles. The Bertz CT molecular complexity index is 361. The van der Waals surface area contributed by atoms with Gasteiger partial charge < -0.3 is 5.32 Å². The number of hydrogen-bond donors (Lipinski definition) is 1. The summed E-state index contributed by atoms with van der Waals surface area (Å²) in [5.41, 5.74) is 1.08. The van der Waals surface area contributed by atoms with Crippen molar-refractivity contribution in [3.05, 3.63) is 35.4 Å². The van der Waals surface area contributed by atoms with E-state index < -0.39 is 11.6 Å². The van der Waals surface area contributed by atoms with Crippen LogP contribution < -0.4 is 5.32 Å². The zero-order chi connectivity index (χ0) is 12.9. The molecule has 1 aromatic rings. The van der Waals surface area contributed by atoms with Crippen molar-refractivity contribution < 1.29 is 8.78 Å². The maximum atomic E-state index is 13.0. The minimum atomic E-state index is -0.775. The molecule has 3 heteroatoms. The second kappa shape index (κ2) is 6.10. The molecule has 96 valence electrons. The molecule has 0 heterocycles. The monoisotopic (exact) mass is 241 g/mol. The van der Waals surface area contributed by atoms with E-state index >= 15 is 0 Å². The third kappa shape index (κ3) is 4.82. The van der Waals surface area contributed by atoms with Crippen molar-refractivity contribution in [2.75, 3.05) is 13.6 Å². The van der Waals surface area contributed by atoms with Gasteiger partial charge >= 0.3 is 0 Å². The molecule has 1 aromatic carbocycles. The van der Waals surface area contributed by atoms with Crippen LogP contribution in [0.5, 0.6) is 0 Å². The highest BCUT2D eigenvalue weighted by Gasteiger charge is 2.17. The molecule has 0 saturated carbocycles. The number of benzene rings is 1. The van der Waals surface area contributed by atoms with Gasteiger partial charge in [0.25, 0.3) is 0 Å². The van der Waals surface area contributed by atoms with Crippen molar-refractivity contribution >= 4 is 0 Å². The Hall–Kier alpha value is -0.960. The number of aryl methyl sites for hydroxylation is 1. The molecule has 1 rings (SSSR count). The molecule has 1 N–H and O–H groups in total. The van der Waals surface area contributed by atoms with Crippen molar-refractivity contribution in [1.29, 1.82) is 0 Å². The lowest BCUT2D eigenvalue weighted by Crippen LogP contribution is -2.20. The molecular weight excluding hydrogens is 220 g/mol. The highest BCUT2D eigenvalue weighted by Crippen LogP contribution is 2.26. The van der Waals surface area contributed by atoms with Crippen LogP contribution in [0.25, 0.3) is 0 Å². The van der Waals surface area contributed by atoms with E-state index in [9.17, 15) is 8.78 Å². The van der Waals surface area contributed by atoms with Crippen molar-refractivity contribution in [2.45, 2.75) is 33.1 Å². The lowest BCUT2D eigenvalue weighted by Gasteiger charge is -2.24. The smallest absolute Gasteiger partial charge is 0.159 e. The Balaban J connectivity index is 2.51. The Morgan fingerprint density at radius 2 is 1.82 bits per heavy atom. The third-order valence-corrected chi connectivity index (χ3v) is 3.13. The van der Waals surface area contributed by atoms with Crippen LogP contribution in [-0.2, 0) is 6.42 Å². The molecule has 1 nitrogen and oxygen atoms in total. The number of nitrogens with one attached hydrogen (secondary N) is 1. The molecule has 0 amide bonds. The fourth-order valence-electron chi connectivity index (χ4n) is 1.77. The van der Waals surface area contributed by atoms with Gasteiger partial charge in [0.05, 0.1) is 0 Å². The van der Waals surface area contributed by atoms with Gasteiger partial charge in [0, 0.05) is 0 Å². The Morgan fingerprint density at radius 3 is 2.41 bits per heavy atom. The van der Waals surface area contributed by atoms with Gasteiger partial charge in [-0.25, -0.2) is 8.78 Å². The molecule has 0 fully saturated rings. The molecule has 0 saturated heterocycles. The summed E-state index contributed by atoms with van der Waals surface area (Å²) in [5, 5.41) is 3.13. The van der Waals surface area contributed by atoms with Crippen LogP contribution in [-0.4, -0.2) is 13.6 Å². The van der Waals surface area contributed by atoms with Crippen LogP contribution in [0.15, 0.2) is 18.2 Å². The van der Waals surface area contributed by atoms with E-state index in [1.807, 2.05) is 7.05 Å². The number of rotatable bonds is 6. The van der Waals surface area contributed by atoms with E-state index in [1.165, 1.54) is 12.1 Å². The quantitative estimate of drug-likeness (QED) is 0.803. The molecule has 17 heavy (non-hydrogen) atoms. The molecule has 0 bridgehead atoms. The topological polar surface area (TPSA) is 12.0 Å². The molecule has 0 aromatic heterocycles. The third-order valence-electron chi connectivity index (χ3n) is 3.13. The normalized spacial score (nSPS) is 11.8. The van der Waals surface area contributed by atoms with Crippen LogP contribution in [0.3, 0.4) is 0 Å². The minimum absolute atomic E-state index is 0.216. The SMILES string of the molecule is CNCCC(C)(C)CCc1ccc(F)c(F)c1. The largest absolute Gasteiger partial charge is 0.320 e. The van der Waals surface area contributed by atoms with E-state index in [1.54, 1.807) is 6.07 Å². The summed E-state index contributed by atoms with van der Waals surface area (Å²) in [6.45, 7) is 5.37. The summed E-state index contributed by atoms with van der Waals surface area (Å²) in [5.74, 6) is -1.53. The zero-order valence-corrected chi connectivity index (χ0v) is 10.8. The van der Waals surface area contributed by atoms with E-state index in [0.717, 1.165) is 31.4 Å². The maximum Gasteiger partial charge on any atom is 0.159 e. The average Bonchev–Trinajstić information content (AvgIpc) is 2.28. The second-order valence-corrected chi connectivity index (χ2v) is 5.27. The number of hydrogen-bond acceptors (Lipinski definition) is 1. The molecule has 0 unspecified atom stereocenters. The van der Waals surface area contributed by atoms with E-state index in [0.29, 0.717) is 0 Å². The minimum Gasteiger partial charge on any atom is -0.320 e. The molecule has 0 aliphatic rings. The van der Waals surface area contributed by atoms with Gasteiger partial charge in [-0.15, -0.1) is 0 Å². The summed E-state index contributed by atoms with van der Waals surface area (Å²) in [6.07, 6.45) is 2.83. The zero-order valence-electron chi connectivity index (χ0n) is 10.8. The first-order valence-corrected chi connectivity index (χ1v) is 6.03. The Labute approximate surface area is 102 Å². The summed E-state index contributed by atoms with van der Waals surface area (Å²) in [4.78, 5) is 0. The maximum absolute atomic E-state index is 13.0. The molecule has 0 aliphatic carbocycles. The van der Waals surface area contributed by atoms with Gasteiger partial charge in [0.2, 0.25) is 0 Å². The van der Waals surface area contributed by atoms with Gasteiger partial charge in [0.15, 0.2) is 11.6 Å². The van der Waals surface area contributed by atoms with Crippen molar-refractivity contribution in [1.82, 2.24) is 5.32 Å². The fraction of sp³-hybridized carbons (Fsp3) is 0.571. The molecule has 0 spiro atoms. The van der Waals surface area contributed by atoms with Gasteiger partial charge in [-0.1, -0.05) is 19.9 Å². The second-order valence-electron chi connectivity index (χ2n) is 5.27. The predicted molar refractivity (Wildman–Crippen MR) is 67.0 cm³/mol. The van der Waals surface area contributed by atoms with E-state index in [4.69, 9.17) is 0 Å². The van der Waals surface area contributed by atoms with Crippen molar-refractivity contribution in [3.63, 3.8) is 0 Å². The van der Waals surface area contributed by atoms with E-state index in [2.05, 4.69) is 19.2 Å². The molecule has 0 atom stereocenters. The standard InChI is InChI=1S/C14H21F2N/c1-14(2,8-9-17-3)7-6-11-4-5-12(15)13(16)10-11/h4-5,10,17H,6-9H2,1-3H3. The van der Waals surface area contributed by atoms with Crippen molar-refractivity contribution in [2.24, 2.45) is 5.41 Å². The van der Waals surface area contributed by atoms with Gasteiger partial charge in [-0.3, -0.25) is 0 Å². The lowest BCUT2D eigenvalue weighted by atomic mass is 9.83. The predicted octanol–water partition coefficient (Wildman–Crippen LogP) is 3.53. The lowest BCUT2D eigenvalue weighted by molar-refractivity contribution is 0.305. The first kappa shape index (κ1) is 14.1. The number of halogens is 2. The van der Waals surface area contributed by atoms with E-state index in [-0.39, 0.29) is 5.41 Å². The summed E-state index contributed by atoms with van der Waals surface area (Å²) in [6, 6.07) is 4.15. The first-order chi connectivity index (χ1) is 7.94. The van der Waals surface area contributed by atoms with Gasteiger partial charge in [-0.05, 0) is 56.0 Å². The highest BCUT2D eigenvalue weighted by atomic mass is 19.2. The van der Waals surface area contributed by atoms with Crippen LogP contribution in [0, 0.1) is 17.0 Å².